The van der Waals surface area contributed by atoms with Gasteiger partial charge in [-0.15, -0.1) is 0 Å². The first-order valence-corrected chi connectivity index (χ1v) is 6.71. The van der Waals surface area contributed by atoms with Crippen molar-refractivity contribution in [2.45, 2.75) is 37.9 Å². The van der Waals surface area contributed by atoms with Crippen LogP contribution in [0.5, 0.6) is 11.5 Å². The lowest BCUT2D eigenvalue weighted by molar-refractivity contribution is 0.00537. The molecule has 0 spiro atoms. The quantitative estimate of drug-likeness (QED) is 0.864. The number of benzene rings is 1. The number of carbonyl (C=O) groups excluding carboxylic acids is 1. The van der Waals surface area contributed by atoms with Crippen molar-refractivity contribution in [3.05, 3.63) is 22.7 Å². The van der Waals surface area contributed by atoms with E-state index in [4.69, 9.17) is 21.1 Å². The topological polar surface area (TPSA) is 55.8 Å². The third kappa shape index (κ3) is 3.19. The van der Waals surface area contributed by atoms with E-state index < -0.39 is 6.10 Å². The monoisotopic (exact) mass is 284 g/mol. The molecule has 2 atom stereocenters. The summed E-state index contributed by atoms with van der Waals surface area (Å²) in [7, 11) is 1.49. The molecule has 1 aromatic carbocycles. The summed E-state index contributed by atoms with van der Waals surface area (Å²) < 4.78 is 11.0. The van der Waals surface area contributed by atoms with Crippen molar-refractivity contribution in [3.63, 3.8) is 0 Å². The van der Waals surface area contributed by atoms with Crippen LogP contribution in [0.1, 0.15) is 36.0 Å². The third-order valence-corrected chi connectivity index (χ3v) is 3.55. The number of ether oxygens (including phenoxy) is 2. The highest BCUT2D eigenvalue weighted by molar-refractivity contribution is 6.31. The summed E-state index contributed by atoms with van der Waals surface area (Å²) in [5, 5.41) is 10.3. The van der Waals surface area contributed by atoms with Gasteiger partial charge in [-0.05, 0) is 25.3 Å². The molecule has 0 amide bonds. The summed E-state index contributed by atoms with van der Waals surface area (Å²) in [6.07, 6.45) is 3.37. The third-order valence-electron chi connectivity index (χ3n) is 3.33. The Labute approximate surface area is 117 Å². The normalized spacial score (nSPS) is 22.9. The number of aldehydes is 1. The van der Waals surface area contributed by atoms with Crippen LogP contribution in [0.15, 0.2) is 12.1 Å². The highest BCUT2D eigenvalue weighted by Gasteiger charge is 2.27. The highest BCUT2D eigenvalue weighted by Crippen LogP contribution is 2.36. The Kier molecular flexibility index (Phi) is 4.66. The second-order valence-electron chi connectivity index (χ2n) is 4.65. The number of aliphatic hydroxyl groups is 1. The van der Waals surface area contributed by atoms with Crippen LogP contribution >= 0.6 is 11.6 Å². The molecule has 1 saturated carbocycles. The second-order valence-corrected chi connectivity index (χ2v) is 5.09. The molecule has 2 unspecified atom stereocenters. The Balaban J connectivity index is 2.29. The molecule has 0 heterocycles. The number of rotatable bonds is 4. The minimum atomic E-state index is -0.506. The van der Waals surface area contributed by atoms with Crippen molar-refractivity contribution in [3.8, 4) is 11.5 Å². The van der Waals surface area contributed by atoms with Gasteiger partial charge >= 0.3 is 0 Å². The van der Waals surface area contributed by atoms with Crippen LogP contribution in [0.2, 0.25) is 5.02 Å². The number of methoxy groups -OCH3 is 1. The number of carbonyl (C=O) groups is 1. The molecular formula is C14H17ClO4. The molecule has 1 aromatic rings. The molecule has 104 valence electrons. The van der Waals surface area contributed by atoms with E-state index in [1.807, 2.05) is 0 Å². The lowest BCUT2D eigenvalue weighted by Gasteiger charge is -2.29. The zero-order valence-electron chi connectivity index (χ0n) is 10.8. The molecule has 1 aliphatic rings. The van der Waals surface area contributed by atoms with Crippen molar-refractivity contribution in [2.24, 2.45) is 0 Å². The second kappa shape index (κ2) is 6.26. The van der Waals surface area contributed by atoms with Gasteiger partial charge in [-0.2, -0.15) is 0 Å². The fourth-order valence-corrected chi connectivity index (χ4v) is 2.54. The van der Waals surface area contributed by atoms with Crippen molar-refractivity contribution in [1.29, 1.82) is 0 Å². The molecule has 0 bridgehead atoms. The van der Waals surface area contributed by atoms with Gasteiger partial charge in [0.15, 0.2) is 17.8 Å². The molecule has 19 heavy (non-hydrogen) atoms. The van der Waals surface area contributed by atoms with Gasteiger partial charge in [0.25, 0.3) is 0 Å². The highest BCUT2D eigenvalue weighted by atomic mass is 35.5. The lowest BCUT2D eigenvalue weighted by atomic mass is 9.95. The van der Waals surface area contributed by atoms with E-state index in [9.17, 15) is 9.90 Å². The van der Waals surface area contributed by atoms with Crippen LogP contribution in [0.3, 0.4) is 0 Å². The standard InChI is InChI=1S/C14H17ClO4/c1-18-13-7-10(15)6-9(8-16)14(13)19-12-5-3-2-4-11(12)17/h6-8,11-12,17H,2-5H2,1H3. The number of hydrogen-bond acceptors (Lipinski definition) is 4. The maximum absolute atomic E-state index is 11.1. The van der Waals surface area contributed by atoms with Crippen LogP contribution < -0.4 is 9.47 Å². The van der Waals surface area contributed by atoms with Crippen LogP contribution in [0, 0.1) is 0 Å². The minimum Gasteiger partial charge on any atom is -0.493 e. The van der Waals surface area contributed by atoms with Crippen molar-refractivity contribution in [2.75, 3.05) is 7.11 Å². The van der Waals surface area contributed by atoms with Crippen LogP contribution in [-0.2, 0) is 0 Å². The molecule has 4 nitrogen and oxygen atoms in total. The van der Waals surface area contributed by atoms with Gasteiger partial charge in [0.2, 0.25) is 0 Å². The summed E-state index contributed by atoms with van der Waals surface area (Å²) in [6, 6.07) is 3.13. The molecule has 5 heteroatoms. The predicted octanol–water partition coefficient (Wildman–Crippen LogP) is 2.84. The molecule has 0 aliphatic heterocycles. The summed E-state index contributed by atoms with van der Waals surface area (Å²) in [6.45, 7) is 0. The maximum Gasteiger partial charge on any atom is 0.172 e. The smallest absolute Gasteiger partial charge is 0.172 e. The molecule has 0 aromatic heterocycles. The van der Waals surface area contributed by atoms with Gasteiger partial charge in [-0.1, -0.05) is 18.0 Å². The minimum absolute atomic E-state index is 0.303. The van der Waals surface area contributed by atoms with Crippen molar-refractivity contribution >= 4 is 17.9 Å². The molecule has 2 rings (SSSR count). The maximum atomic E-state index is 11.1. The Morgan fingerprint density at radius 1 is 1.37 bits per heavy atom. The largest absolute Gasteiger partial charge is 0.493 e. The molecule has 0 radical (unpaired) electrons. The lowest BCUT2D eigenvalue weighted by Crippen LogP contribution is -2.35. The van der Waals surface area contributed by atoms with Crippen LogP contribution in [0.25, 0.3) is 0 Å². The van der Waals surface area contributed by atoms with Crippen LogP contribution in [0.4, 0.5) is 0 Å². The first-order chi connectivity index (χ1) is 9.15. The predicted molar refractivity (Wildman–Crippen MR) is 72.3 cm³/mol. The average molecular weight is 285 g/mol. The molecule has 1 aliphatic carbocycles. The molecule has 0 saturated heterocycles. The van der Waals surface area contributed by atoms with Crippen LogP contribution in [-0.4, -0.2) is 30.7 Å². The number of aliphatic hydroxyl groups excluding tert-OH is 1. The average Bonchev–Trinajstić information content (AvgIpc) is 2.42. The van der Waals surface area contributed by atoms with E-state index in [-0.39, 0.29) is 6.10 Å². The number of hydrogen-bond donors (Lipinski definition) is 1. The van der Waals surface area contributed by atoms with Gasteiger partial charge < -0.3 is 14.6 Å². The Morgan fingerprint density at radius 2 is 2.11 bits per heavy atom. The van der Waals surface area contributed by atoms with E-state index in [0.29, 0.717) is 28.4 Å². The Bertz CT molecular complexity index is 461. The summed E-state index contributed by atoms with van der Waals surface area (Å²) in [5.74, 6) is 0.764. The molecule has 1 fully saturated rings. The Hall–Kier alpha value is -1.26. The van der Waals surface area contributed by atoms with Gasteiger partial charge in [-0.3, -0.25) is 4.79 Å². The SMILES string of the molecule is COc1cc(Cl)cc(C=O)c1OC1CCCCC1O. The van der Waals surface area contributed by atoms with Gasteiger partial charge in [-0.25, -0.2) is 0 Å². The first kappa shape index (κ1) is 14.2. The first-order valence-electron chi connectivity index (χ1n) is 6.33. The van der Waals surface area contributed by atoms with E-state index in [1.54, 1.807) is 6.07 Å². The van der Waals surface area contributed by atoms with Crippen molar-refractivity contribution < 1.29 is 19.4 Å². The van der Waals surface area contributed by atoms with E-state index >= 15 is 0 Å². The molecule has 1 N–H and O–H groups in total. The fraction of sp³-hybridized carbons (Fsp3) is 0.500. The summed E-state index contributed by atoms with van der Waals surface area (Å²) >= 11 is 5.91. The zero-order valence-corrected chi connectivity index (χ0v) is 11.5. The molecular weight excluding hydrogens is 268 g/mol. The number of halogens is 1. The van der Waals surface area contributed by atoms with Gasteiger partial charge in [0, 0.05) is 11.1 Å². The van der Waals surface area contributed by atoms with Crippen molar-refractivity contribution in [1.82, 2.24) is 0 Å². The van der Waals surface area contributed by atoms with Gasteiger partial charge in [0.1, 0.15) is 6.10 Å². The zero-order chi connectivity index (χ0) is 13.8. The van der Waals surface area contributed by atoms with E-state index in [1.165, 1.54) is 13.2 Å². The Morgan fingerprint density at radius 3 is 2.74 bits per heavy atom. The summed E-state index contributed by atoms with van der Waals surface area (Å²) in [5.41, 5.74) is 0.335. The van der Waals surface area contributed by atoms with E-state index in [2.05, 4.69) is 0 Å². The summed E-state index contributed by atoms with van der Waals surface area (Å²) in [4.78, 5) is 11.1. The fourth-order valence-electron chi connectivity index (χ4n) is 2.32. The van der Waals surface area contributed by atoms with E-state index in [0.717, 1.165) is 25.7 Å². The van der Waals surface area contributed by atoms with Gasteiger partial charge in [0.05, 0.1) is 18.8 Å².